The Hall–Kier alpha value is -0.780. The highest BCUT2D eigenvalue weighted by Crippen LogP contribution is 2.46. The van der Waals surface area contributed by atoms with E-state index in [-0.39, 0.29) is 12.3 Å². The lowest BCUT2D eigenvalue weighted by Crippen LogP contribution is -2.62. The van der Waals surface area contributed by atoms with Crippen LogP contribution in [-0.2, 0) is 4.74 Å². The van der Waals surface area contributed by atoms with Crippen LogP contribution in [0.1, 0.15) is 96.3 Å². The van der Waals surface area contributed by atoms with E-state index in [1.54, 1.807) is 6.26 Å². The highest BCUT2D eigenvalue weighted by atomic mass is 16.5. The zero-order valence-corrected chi connectivity index (χ0v) is 26.1. The number of hydrogen-bond donors (Lipinski definition) is 8. The Kier molecular flexibility index (Phi) is 7.80. The van der Waals surface area contributed by atoms with E-state index < -0.39 is 0 Å². The first-order valence-electron chi connectivity index (χ1n) is 18.6. The number of fused-ring (bicyclic) bond motifs is 20. The predicted octanol–water partition coefficient (Wildman–Crippen LogP) is 2.74. The molecule has 9 nitrogen and oxygen atoms in total. The van der Waals surface area contributed by atoms with E-state index in [1.165, 1.54) is 89.9 Å². The monoisotopic (exact) mass is 594 g/mol. The summed E-state index contributed by atoms with van der Waals surface area (Å²) in [5, 5.41) is 33.7. The normalized spacial score (nSPS) is 56.0. The molecule has 8 bridgehead atoms. The molecule has 0 aromatic carbocycles. The molecule has 0 radical (unpaired) electrons. The molecule has 4 saturated carbocycles. The second-order valence-electron chi connectivity index (χ2n) is 16.0. The zero-order chi connectivity index (χ0) is 28.5. The minimum Gasteiger partial charge on any atom is -0.498 e. The van der Waals surface area contributed by atoms with Crippen molar-refractivity contribution in [1.82, 2.24) is 42.5 Å². The third-order valence-corrected chi connectivity index (χ3v) is 14.1. The zero-order valence-electron chi connectivity index (χ0n) is 26.1. The van der Waals surface area contributed by atoms with Crippen molar-refractivity contribution in [2.24, 2.45) is 47.3 Å². The molecule has 9 rings (SSSR count). The Morgan fingerprint density at radius 2 is 0.674 bits per heavy atom. The Morgan fingerprint density at radius 3 is 1.02 bits per heavy atom. The van der Waals surface area contributed by atoms with E-state index in [0.717, 1.165) is 12.3 Å². The number of ether oxygens (including phenoxy) is 1. The summed E-state index contributed by atoms with van der Waals surface area (Å²) in [7, 11) is 0. The molecule has 9 heteroatoms. The standard InChI is InChI=1S/C34H58N8O/c1-2-43-25-17-9-16-24-26(25)34-41-32-23-15-8-7-14-22(23)30(39-32)37-28-19-11-4-3-10-18(19)27(35-28)36-29-20-12-5-6-13-21(20)31(38-29)40-33(24)42-34/h2,18-42H,1,3-17H2. The summed E-state index contributed by atoms with van der Waals surface area (Å²) in [5.74, 6) is 5.19. The fourth-order valence-electron chi connectivity index (χ4n) is 12.3. The lowest BCUT2D eigenvalue weighted by molar-refractivity contribution is 0.0128. The van der Waals surface area contributed by atoms with Gasteiger partial charge in [-0.2, -0.15) is 0 Å². The Bertz CT molecular complexity index is 1010. The summed E-state index contributed by atoms with van der Waals surface area (Å²) >= 11 is 0. The van der Waals surface area contributed by atoms with Crippen molar-refractivity contribution in [2.75, 3.05) is 0 Å². The SMILES string of the molecule is C=COC1CCCC2C3NC4NC(NC5NC(NC6NC(NC(N3)C12)C1CCCCC61)C1CCCCC51)C1CCCCC41. The lowest BCUT2D eigenvalue weighted by Gasteiger charge is -2.38. The molecule has 0 aromatic heterocycles. The molecule has 17 atom stereocenters. The molecule has 0 amide bonds. The molecule has 0 aromatic rings. The Labute approximate surface area is 259 Å². The van der Waals surface area contributed by atoms with Crippen LogP contribution in [0.25, 0.3) is 0 Å². The molecule has 5 aliphatic heterocycles. The van der Waals surface area contributed by atoms with Crippen LogP contribution >= 0.6 is 0 Å². The van der Waals surface area contributed by atoms with Crippen molar-refractivity contribution in [3.05, 3.63) is 12.8 Å². The average molecular weight is 595 g/mol. The molecule has 8 N–H and O–H groups in total. The third-order valence-electron chi connectivity index (χ3n) is 14.1. The van der Waals surface area contributed by atoms with Crippen molar-refractivity contribution >= 4 is 0 Å². The van der Waals surface area contributed by atoms with Crippen LogP contribution in [0.5, 0.6) is 0 Å². The van der Waals surface area contributed by atoms with Gasteiger partial charge in [0.05, 0.1) is 55.6 Å². The number of nitrogens with one attached hydrogen (secondary N) is 8. The smallest absolute Gasteiger partial charge is 0.104 e. The van der Waals surface area contributed by atoms with Crippen LogP contribution in [0.3, 0.4) is 0 Å². The minimum atomic E-state index is 0.226. The van der Waals surface area contributed by atoms with Gasteiger partial charge in [-0.3, -0.25) is 42.5 Å². The largest absolute Gasteiger partial charge is 0.498 e. The fraction of sp³-hybridized carbons (Fsp3) is 0.941. The Morgan fingerprint density at radius 1 is 0.372 bits per heavy atom. The number of rotatable bonds is 2. The Balaban J connectivity index is 1.06. The summed E-state index contributed by atoms with van der Waals surface area (Å²) in [5.41, 5.74) is 0. The van der Waals surface area contributed by atoms with E-state index in [0.29, 0.717) is 84.6 Å². The molecule has 9 aliphatic rings. The summed E-state index contributed by atoms with van der Waals surface area (Å²) < 4.78 is 6.28. The summed E-state index contributed by atoms with van der Waals surface area (Å²) in [6.07, 6.45) is 24.5. The van der Waals surface area contributed by atoms with Crippen LogP contribution in [0.4, 0.5) is 0 Å². The fourth-order valence-corrected chi connectivity index (χ4v) is 12.3. The van der Waals surface area contributed by atoms with Crippen LogP contribution < -0.4 is 42.5 Å². The van der Waals surface area contributed by atoms with Gasteiger partial charge in [-0.15, -0.1) is 0 Å². The second-order valence-corrected chi connectivity index (χ2v) is 16.0. The summed E-state index contributed by atoms with van der Waals surface area (Å²) in [6, 6.07) is 0. The van der Waals surface area contributed by atoms with Crippen molar-refractivity contribution in [3.63, 3.8) is 0 Å². The van der Waals surface area contributed by atoms with Gasteiger partial charge >= 0.3 is 0 Å². The van der Waals surface area contributed by atoms with Crippen LogP contribution in [0, 0.1) is 47.3 Å². The summed E-state index contributed by atoms with van der Waals surface area (Å²) in [6.45, 7) is 3.98. The highest BCUT2D eigenvalue weighted by molar-refractivity contribution is 5.09. The number of hydrogen-bond acceptors (Lipinski definition) is 9. The molecule has 4 aliphatic carbocycles. The highest BCUT2D eigenvalue weighted by Gasteiger charge is 2.55. The van der Waals surface area contributed by atoms with E-state index in [1.807, 2.05) is 0 Å². The van der Waals surface area contributed by atoms with Gasteiger partial charge in [0.15, 0.2) is 0 Å². The second kappa shape index (κ2) is 11.8. The minimum absolute atomic E-state index is 0.226. The molecule has 43 heavy (non-hydrogen) atoms. The van der Waals surface area contributed by atoms with Gasteiger partial charge in [0, 0.05) is 5.92 Å². The molecule has 5 saturated heterocycles. The molecular formula is C34H58N8O. The van der Waals surface area contributed by atoms with Gasteiger partial charge in [0.1, 0.15) is 6.10 Å². The molecule has 17 unspecified atom stereocenters. The molecule has 240 valence electrons. The van der Waals surface area contributed by atoms with Crippen LogP contribution in [-0.4, -0.2) is 55.4 Å². The first-order valence-corrected chi connectivity index (χ1v) is 18.6. The maximum Gasteiger partial charge on any atom is 0.104 e. The van der Waals surface area contributed by atoms with Gasteiger partial charge in [-0.05, 0) is 99.2 Å². The summed E-state index contributed by atoms with van der Waals surface area (Å²) in [4.78, 5) is 0. The quantitative estimate of drug-likeness (QED) is 0.229. The van der Waals surface area contributed by atoms with Gasteiger partial charge in [0.25, 0.3) is 0 Å². The van der Waals surface area contributed by atoms with E-state index in [9.17, 15) is 0 Å². The van der Waals surface area contributed by atoms with E-state index in [2.05, 4.69) is 49.1 Å². The first kappa shape index (κ1) is 28.4. The van der Waals surface area contributed by atoms with Crippen molar-refractivity contribution in [3.8, 4) is 0 Å². The van der Waals surface area contributed by atoms with Gasteiger partial charge < -0.3 is 4.74 Å². The molecule has 9 fully saturated rings. The van der Waals surface area contributed by atoms with Crippen LogP contribution in [0.2, 0.25) is 0 Å². The van der Waals surface area contributed by atoms with Crippen molar-refractivity contribution in [2.45, 2.75) is 152 Å². The molecule has 0 spiro atoms. The first-order chi connectivity index (χ1) is 21.2. The average Bonchev–Trinajstić information content (AvgIpc) is 3.77. The predicted molar refractivity (Wildman–Crippen MR) is 168 cm³/mol. The third kappa shape index (κ3) is 4.95. The van der Waals surface area contributed by atoms with Gasteiger partial charge in [-0.25, -0.2) is 0 Å². The van der Waals surface area contributed by atoms with Crippen LogP contribution in [0.15, 0.2) is 12.8 Å². The van der Waals surface area contributed by atoms with Gasteiger partial charge in [0.2, 0.25) is 0 Å². The van der Waals surface area contributed by atoms with Crippen molar-refractivity contribution < 1.29 is 4.74 Å². The topological polar surface area (TPSA) is 105 Å². The van der Waals surface area contributed by atoms with E-state index in [4.69, 9.17) is 4.74 Å². The van der Waals surface area contributed by atoms with E-state index >= 15 is 0 Å². The lowest BCUT2D eigenvalue weighted by atomic mass is 9.75. The molecule has 5 heterocycles. The van der Waals surface area contributed by atoms with Crippen molar-refractivity contribution in [1.29, 1.82) is 0 Å². The molecular weight excluding hydrogens is 536 g/mol. The maximum absolute atomic E-state index is 6.28. The maximum atomic E-state index is 6.28. The van der Waals surface area contributed by atoms with Gasteiger partial charge in [-0.1, -0.05) is 45.1 Å².